The first kappa shape index (κ1) is 20.6. The Balaban J connectivity index is 2.11. The Hall–Kier alpha value is -1.68. The quantitative estimate of drug-likeness (QED) is 0.714. The molecule has 0 aliphatic carbocycles. The molecule has 1 unspecified atom stereocenters. The zero-order chi connectivity index (χ0) is 19.3. The van der Waals surface area contributed by atoms with Crippen molar-refractivity contribution in [3.8, 4) is 5.75 Å². The minimum absolute atomic E-state index is 0.0241. The van der Waals surface area contributed by atoms with Crippen molar-refractivity contribution in [3.63, 3.8) is 0 Å². The number of likely N-dealkylation sites (tertiary alicyclic amines) is 1. The number of nitrogens with zero attached hydrogens (tertiary/aromatic N) is 2. The number of hydrogen-bond acceptors (Lipinski definition) is 6. The molecule has 0 saturated carbocycles. The van der Waals surface area contributed by atoms with Gasteiger partial charge in [0.1, 0.15) is 10.6 Å². The Labute approximate surface area is 155 Å². The van der Waals surface area contributed by atoms with Crippen LogP contribution in [0.2, 0.25) is 0 Å². The predicted octanol–water partition coefficient (Wildman–Crippen LogP) is 0.568. The van der Waals surface area contributed by atoms with Gasteiger partial charge in [-0.25, -0.2) is 12.7 Å². The van der Waals surface area contributed by atoms with Gasteiger partial charge in [-0.1, -0.05) is 0 Å². The SMILES string of the molecule is CNC1CCCN(CC(=O)Nc2ccc(OC)c(S(=O)(=O)N(C)C)c2)C1. The Kier molecular flexibility index (Phi) is 6.99. The van der Waals surface area contributed by atoms with Crippen LogP contribution in [0.15, 0.2) is 23.1 Å². The van der Waals surface area contributed by atoms with Gasteiger partial charge in [-0.05, 0) is 44.6 Å². The van der Waals surface area contributed by atoms with Crippen molar-refractivity contribution in [2.75, 3.05) is 53.2 Å². The lowest BCUT2D eigenvalue weighted by atomic mass is 10.1. The number of methoxy groups -OCH3 is 1. The largest absolute Gasteiger partial charge is 0.495 e. The normalized spacial score (nSPS) is 18.7. The maximum Gasteiger partial charge on any atom is 0.246 e. The highest BCUT2D eigenvalue weighted by Crippen LogP contribution is 2.28. The number of sulfonamides is 1. The van der Waals surface area contributed by atoms with Gasteiger partial charge in [0.15, 0.2) is 0 Å². The number of rotatable bonds is 7. The molecule has 1 amide bonds. The summed E-state index contributed by atoms with van der Waals surface area (Å²) < 4.78 is 31.2. The number of piperidine rings is 1. The molecule has 2 rings (SSSR count). The Morgan fingerprint density at radius 3 is 2.73 bits per heavy atom. The lowest BCUT2D eigenvalue weighted by molar-refractivity contribution is -0.117. The molecular weight excluding hydrogens is 356 g/mol. The third-order valence-electron chi connectivity index (χ3n) is 4.49. The Morgan fingerprint density at radius 2 is 2.12 bits per heavy atom. The van der Waals surface area contributed by atoms with E-state index >= 15 is 0 Å². The van der Waals surface area contributed by atoms with Crippen LogP contribution in [0, 0.1) is 0 Å². The minimum atomic E-state index is -3.68. The topological polar surface area (TPSA) is 91.0 Å². The van der Waals surface area contributed by atoms with E-state index in [2.05, 4.69) is 15.5 Å². The molecule has 9 heteroatoms. The number of carbonyl (C=O) groups excluding carboxylic acids is 1. The van der Waals surface area contributed by atoms with Crippen LogP contribution in [0.1, 0.15) is 12.8 Å². The smallest absolute Gasteiger partial charge is 0.246 e. The Bertz CT molecular complexity index is 736. The van der Waals surface area contributed by atoms with Crippen LogP contribution in [-0.4, -0.2) is 77.5 Å². The summed E-state index contributed by atoms with van der Waals surface area (Å²) in [7, 11) is 2.57. The summed E-state index contributed by atoms with van der Waals surface area (Å²) in [6.07, 6.45) is 2.16. The van der Waals surface area contributed by atoms with E-state index in [4.69, 9.17) is 4.74 Å². The van der Waals surface area contributed by atoms with Crippen LogP contribution in [-0.2, 0) is 14.8 Å². The second-order valence-electron chi connectivity index (χ2n) is 6.56. The lowest BCUT2D eigenvalue weighted by Gasteiger charge is -2.31. The predicted molar refractivity (Wildman–Crippen MR) is 101 cm³/mol. The van der Waals surface area contributed by atoms with Crippen molar-refractivity contribution in [2.24, 2.45) is 0 Å². The standard InChI is InChI=1S/C17H28N4O4S/c1-18-14-6-5-9-21(11-14)12-17(22)19-13-7-8-15(25-4)16(10-13)26(23,24)20(2)3/h7-8,10,14,18H,5-6,9,11-12H2,1-4H3,(H,19,22). The molecule has 1 atom stereocenters. The van der Waals surface area contributed by atoms with E-state index in [-0.39, 0.29) is 23.1 Å². The molecule has 1 aliphatic heterocycles. The molecule has 0 bridgehead atoms. The molecule has 1 aromatic rings. The van der Waals surface area contributed by atoms with Gasteiger partial charge >= 0.3 is 0 Å². The fraction of sp³-hybridized carbons (Fsp3) is 0.588. The van der Waals surface area contributed by atoms with Crippen molar-refractivity contribution in [1.29, 1.82) is 0 Å². The molecule has 0 aromatic heterocycles. The monoisotopic (exact) mass is 384 g/mol. The number of nitrogens with one attached hydrogen (secondary N) is 2. The second-order valence-corrected chi connectivity index (χ2v) is 8.68. The first-order valence-electron chi connectivity index (χ1n) is 8.58. The van der Waals surface area contributed by atoms with Gasteiger partial charge in [-0.2, -0.15) is 0 Å². The summed E-state index contributed by atoms with van der Waals surface area (Å²) in [6, 6.07) is 5.01. The summed E-state index contributed by atoms with van der Waals surface area (Å²) in [6.45, 7) is 1.99. The molecule has 8 nitrogen and oxygen atoms in total. The molecule has 1 fully saturated rings. The third-order valence-corrected chi connectivity index (χ3v) is 6.32. The van der Waals surface area contributed by atoms with Gasteiger partial charge in [0.05, 0.1) is 13.7 Å². The molecular formula is C17H28N4O4S. The third kappa shape index (κ3) is 4.94. The maximum atomic E-state index is 12.5. The van der Waals surface area contributed by atoms with E-state index in [1.54, 1.807) is 12.1 Å². The summed E-state index contributed by atoms with van der Waals surface area (Å²) in [4.78, 5) is 14.5. The molecule has 0 radical (unpaired) electrons. The zero-order valence-corrected chi connectivity index (χ0v) is 16.6. The number of hydrogen-bond donors (Lipinski definition) is 2. The summed E-state index contributed by atoms with van der Waals surface area (Å²) in [5.74, 6) is 0.0738. The van der Waals surface area contributed by atoms with Crippen LogP contribution in [0.4, 0.5) is 5.69 Å². The van der Waals surface area contributed by atoms with Crippen LogP contribution < -0.4 is 15.4 Å². The zero-order valence-electron chi connectivity index (χ0n) is 15.8. The van der Waals surface area contributed by atoms with E-state index in [9.17, 15) is 13.2 Å². The van der Waals surface area contributed by atoms with Crippen LogP contribution in [0.5, 0.6) is 5.75 Å². The lowest BCUT2D eigenvalue weighted by Crippen LogP contribution is -2.46. The van der Waals surface area contributed by atoms with Crippen LogP contribution in [0.25, 0.3) is 0 Å². The fourth-order valence-corrected chi connectivity index (χ4v) is 4.07. The number of likely N-dealkylation sites (N-methyl/N-ethyl adjacent to an activating group) is 1. The molecule has 26 heavy (non-hydrogen) atoms. The number of carbonyl (C=O) groups is 1. The van der Waals surface area contributed by atoms with Crippen molar-refractivity contribution in [2.45, 2.75) is 23.8 Å². The van der Waals surface area contributed by atoms with Gasteiger partial charge in [0.25, 0.3) is 0 Å². The average Bonchev–Trinajstić information content (AvgIpc) is 2.61. The first-order valence-corrected chi connectivity index (χ1v) is 10.0. The molecule has 1 aliphatic rings. The van der Waals surface area contributed by atoms with E-state index in [0.717, 1.165) is 30.2 Å². The number of benzene rings is 1. The maximum absolute atomic E-state index is 12.5. The molecule has 1 heterocycles. The van der Waals surface area contributed by atoms with Crippen molar-refractivity contribution in [1.82, 2.24) is 14.5 Å². The van der Waals surface area contributed by atoms with Gasteiger partial charge in [-0.15, -0.1) is 0 Å². The minimum Gasteiger partial charge on any atom is -0.495 e. The van der Waals surface area contributed by atoms with Crippen molar-refractivity contribution < 1.29 is 17.9 Å². The molecule has 0 spiro atoms. The van der Waals surface area contributed by atoms with E-state index in [0.29, 0.717) is 11.7 Å². The van der Waals surface area contributed by atoms with Gasteiger partial charge < -0.3 is 15.4 Å². The average molecular weight is 385 g/mol. The highest BCUT2D eigenvalue weighted by Gasteiger charge is 2.24. The highest BCUT2D eigenvalue weighted by atomic mass is 32.2. The molecule has 146 valence electrons. The van der Waals surface area contributed by atoms with Gasteiger partial charge in [-0.3, -0.25) is 9.69 Å². The molecule has 1 saturated heterocycles. The summed E-state index contributed by atoms with van der Waals surface area (Å²) >= 11 is 0. The van der Waals surface area contributed by atoms with E-state index in [1.165, 1.54) is 27.3 Å². The van der Waals surface area contributed by atoms with E-state index < -0.39 is 10.0 Å². The summed E-state index contributed by atoms with van der Waals surface area (Å²) in [5, 5.41) is 6.03. The van der Waals surface area contributed by atoms with Crippen molar-refractivity contribution in [3.05, 3.63) is 18.2 Å². The second kappa shape index (κ2) is 8.81. The number of anilines is 1. The first-order chi connectivity index (χ1) is 12.3. The number of ether oxygens (including phenoxy) is 1. The highest BCUT2D eigenvalue weighted by molar-refractivity contribution is 7.89. The summed E-state index contributed by atoms with van der Waals surface area (Å²) in [5.41, 5.74) is 0.429. The fourth-order valence-electron chi connectivity index (χ4n) is 2.99. The van der Waals surface area contributed by atoms with Crippen molar-refractivity contribution >= 4 is 21.6 Å². The molecule has 2 N–H and O–H groups in total. The van der Waals surface area contributed by atoms with Gasteiger partial charge in [0, 0.05) is 32.4 Å². The number of amides is 1. The van der Waals surface area contributed by atoms with Crippen LogP contribution in [0.3, 0.4) is 0 Å². The molecule has 1 aromatic carbocycles. The van der Waals surface area contributed by atoms with Gasteiger partial charge in [0.2, 0.25) is 15.9 Å². The Morgan fingerprint density at radius 1 is 1.38 bits per heavy atom. The van der Waals surface area contributed by atoms with E-state index in [1.807, 2.05) is 7.05 Å². The van der Waals surface area contributed by atoms with Crippen LogP contribution >= 0.6 is 0 Å².